The lowest BCUT2D eigenvalue weighted by molar-refractivity contribution is 0.398. The molecule has 2 heterocycles. The van der Waals surface area contributed by atoms with Crippen LogP contribution < -0.4 is 23.7 Å². The second-order valence-electron chi connectivity index (χ2n) is 7.01. The van der Waals surface area contributed by atoms with E-state index in [1.54, 1.807) is 35.5 Å². The van der Waals surface area contributed by atoms with Crippen LogP contribution in [0.3, 0.4) is 0 Å². The van der Waals surface area contributed by atoms with Gasteiger partial charge < -0.3 is 33.7 Å². The number of aromatic nitrogens is 2. The van der Waals surface area contributed by atoms with E-state index in [0.29, 0.717) is 0 Å². The van der Waals surface area contributed by atoms with E-state index in [4.69, 9.17) is 23.7 Å². The summed E-state index contributed by atoms with van der Waals surface area (Å²) in [6.45, 7) is 0. The van der Waals surface area contributed by atoms with Crippen molar-refractivity contribution in [3.63, 3.8) is 0 Å². The molecule has 0 amide bonds. The Balaban J connectivity index is 1.99. The number of methoxy groups -OCH3 is 5. The number of benzene rings is 3. The van der Waals surface area contributed by atoms with Crippen molar-refractivity contribution in [3.05, 3.63) is 30.3 Å². The van der Waals surface area contributed by atoms with E-state index in [1.165, 1.54) is 0 Å². The Kier molecular flexibility index (Phi) is 4.06. The number of rotatable bonds is 5. The van der Waals surface area contributed by atoms with Crippen molar-refractivity contribution in [2.45, 2.75) is 0 Å². The molecule has 0 unspecified atom stereocenters. The smallest absolute Gasteiger partial charge is 0.166 e. The van der Waals surface area contributed by atoms with Gasteiger partial charge in [0.25, 0.3) is 0 Å². The Hall–Kier alpha value is -3.74. The molecule has 0 spiro atoms. The molecule has 0 aliphatic carbocycles. The van der Waals surface area contributed by atoms with Gasteiger partial charge in [-0.2, -0.15) is 0 Å². The Morgan fingerprint density at radius 1 is 0.533 bits per heavy atom. The number of nitrogens with one attached hydrogen (secondary N) is 2. The van der Waals surface area contributed by atoms with Crippen LogP contribution in [-0.4, -0.2) is 45.5 Å². The SMILES string of the molecule is COc1cc(OC)c2c(c1)[nH]c1c(OC)c3[nH]c4cc(OC)cc(OC)c4c3cc12. The summed E-state index contributed by atoms with van der Waals surface area (Å²) in [5.41, 5.74) is 3.57. The van der Waals surface area contributed by atoms with Crippen LogP contribution in [0.1, 0.15) is 0 Å². The summed E-state index contributed by atoms with van der Waals surface area (Å²) in [7, 11) is 8.26. The molecule has 3 aromatic carbocycles. The summed E-state index contributed by atoms with van der Waals surface area (Å²) in [5, 5.41) is 3.92. The second-order valence-corrected chi connectivity index (χ2v) is 7.01. The van der Waals surface area contributed by atoms with E-state index in [2.05, 4.69) is 16.0 Å². The highest BCUT2D eigenvalue weighted by Gasteiger charge is 2.21. The lowest BCUT2D eigenvalue weighted by atomic mass is 10.1. The van der Waals surface area contributed by atoms with Gasteiger partial charge in [-0.1, -0.05) is 0 Å². The topological polar surface area (TPSA) is 77.7 Å². The molecule has 0 saturated carbocycles. The first kappa shape index (κ1) is 18.3. The lowest BCUT2D eigenvalue weighted by Gasteiger charge is -2.08. The quantitative estimate of drug-likeness (QED) is 0.430. The van der Waals surface area contributed by atoms with Gasteiger partial charge in [-0.25, -0.2) is 0 Å². The molecule has 0 fully saturated rings. The van der Waals surface area contributed by atoms with Gasteiger partial charge in [0.2, 0.25) is 0 Å². The molecule has 0 atom stereocenters. The number of fused-ring (bicyclic) bond motifs is 6. The molecule has 7 heteroatoms. The van der Waals surface area contributed by atoms with E-state index in [1.807, 2.05) is 24.3 Å². The Bertz CT molecular complexity index is 1330. The predicted molar refractivity (Wildman–Crippen MR) is 118 cm³/mol. The maximum absolute atomic E-state index is 5.85. The zero-order chi connectivity index (χ0) is 21.0. The van der Waals surface area contributed by atoms with Gasteiger partial charge in [0.15, 0.2) is 5.75 Å². The highest BCUT2D eigenvalue weighted by atomic mass is 16.5. The summed E-state index contributed by atoms with van der Waals surface area (Å²) in [5.74, 6) is 3.61. The first-order valence-electron chi connectivity index (χ1n) is 9.45. The van der Waals surface area contributed by atoms with Crippen molar-refractivity contribution >= 4 is 43.6 Å². The van der Waals surface area contributed by atoms with Crippen LogP contribution in [-0.2, 0) is 0 Å². The van der Waals surface area contributed by atoms with Gasteiger partial charge >= 0.3 is 0 Å². The summed E-state index contributed by atoms with van der Waals surface area (Å²) in [6, 6.07) is 9.80. The lowest BCUT2D eigenvalue weighted by Crippen LogP contribution is -1.88. The molecule has 0 aliphatic rings. The largest absolute Gasteiger partial charge is 0.497 e. The van der Waals surface area contributed by atoms with Crippen LogP contribution in [0, 0.1) is 0 Å². The third kappa shape index (κ3) is 2.38. The third-order valence-corrected chi connectivity index (χ3v) is 5.61. The van der Waals surface area contributed by atoms with Crippen LogP contribution in [0.4, 0.5) is 0 Å². The normalized spacial score (nSPS) is 11.5. The van der Waals surface area contributed by atoms with Crippen molar-refractivity contribution in [2.75, 3.05) is 35.5 Å². The molecule has 7 nitrogen and oxygen atoms in total. The van der Waals surface area contributed by atoms with Crippen molar-refractivity contribution in [2.24, 2.45) is 0 Å². The minimum Gasteiger partial charge on any atom is -0.497 e. The fourth-order valence-corrected chi connectivity index (χ4v) is 4.27. The second kappa shape index (κ2) is 6.66. The number of hydrogen-bond acceptors (Lipinski definition) is 5. The van der Waals surface area contributed by atoms with Crippen molar-refractivity contribution in [1.29, 1.82) is 0 Å². The van der Waals surface area contributed by atoms with E-state index < -0.39 is 0 Å². The molecule has 0 aliphatic heterocycles. The highest BCUT2D eigenvalue weighted by molar-refractivity contribution is 6.23. The number of aromatic amines is 2. The predicted octanol–water partition coefficient (Wildman–Crippen LogP) is 5.00. The fourth-order valence-electron chi connectivity index (χ4n) is 4.27. The molecule has 30 heavy (non-hydrogen) atoms. The maximum Gasteiger partial charge on any atom is 0.166 e. The summed E-state index contributed by atoms with van der Waals surface area (Å²) in [6.07, 6.45) is 0. The van der Waals surface area contributed by atoms with Crippen LogP contribution in [0.5, 0.6) is 28.7 Å². The Labute approximate surface area is 172 Å². The molecule has 2 aromatic heterocycles. The van der Waals surface area contributed by atoms with Gasteiger partial charge in [-0.05, 0) is 6.07 Å². The molecule has 0 radical (unpaired) electrons. The third-order valence-electron chi connectivity index (χ3n) is 5.61. The zero-order valence-electron chi connectivity index (χ0n) is 17.4. The number of ether oxygens (including phenoxy) is 5. The van der Waals surface area contributed by atoms with Gasteiger partial charge in [0.1, 0.15) is 23.0 Å². The molecule has 0 saturated heterocycles. The van der Waals surface area contributed by atoms with Crippen LogP contribution in [0.15, 0.2) is 30.3 Å². The zero-order valence-corrected chi connectivity index (χ0v) is 17.4. The van der Waals surface area contributed by atoms with Crippen LogP contribution in [0.25, 0.3) is 43.6 Å². The summed E-state index contributed by atoms with van der Waals surface area (Å²) in [4.78, 5) is 6.95. The Morgan fingerprint density at radius 2 is 1.00 bits per heavy atom. The molecular weight excluding hydrogens is 384 g/mol. The van der Waals surface area contributed by atoms with Gasteiger partial charge in [-0.15, -0.1) is 0 Å². The Morgan fingerprint density at radius 3 is 1.37 bits per heavy atom. The molecule has 154 valence electrons. The maximum atomic E-state index is 5.85. The standard InChI is InChI=1S/C23H22N2O5/c1-26-11-6-15-19(17(8-11)28-3)13-10-14-20-16(7-12(27-2)9-18(20)29-4)25-22(14)23(30-5)21(13)24-15/h6-10,24-25H,1-5H3. The van der Waals surface area contributed by atoms with Gasteiger partial charge in [0.05, 0.1) is 57.6 Å². The van der Waals surface area contributed by atoms with E-state index in [0.717, 1.165) is 72.4 Å². The minimum absolute atomic E-state index is 0.717. The highest BCUT2D eigenvalue weighted by Crippen LogP contribution is 2.46. The van der Waals surface area contributed by atoms with Crippen molar-refractivity contribution < 1.29 is 23.7 Å². The summed E-state index contributed by atoms with van der Waals surface area (Å²) < 4.78 is 28.1. The van der Waals surface area contributed by atoms with Crippen molar-refractivity contribution in [3.8, 4) is 28.7 Å². The average Bonchev–Trinajstić information content (AvgIpc) is 3.33. The molecule has 0 bridgehead atoms. The number of H-pyrrole nitrogens is 2. The first-order valence-corrected chi connectivity index (χ1v) is 9.45. The van der Waals surface area contributed by atoms with Gasteiger partial charge in [-0.3, -0.25) is 0 Å². The number of hydrogen-bond donors (Lipinski definition) is 2. The molecule has 2 N–H and O–H groups in total. The summed E-state index contributed by atoms with van der Waals surface area (Å²) >= 11 is 0. The first-order chi connectivity index (χ1) is 14.6. The van der Waals surface area contributed by atoms with Gasteiger partial charge in [0, 0.05) is 45.8 Å². The average molecular weight is 406 g/mol. The van der Waals surface area contributed by atoms with Crippen LogP contribution >= 0.6 is 0 Å². The molecule has 5 rings (SSSR count). The minimum atomic E-state index is 0.717. The van der Waals surface area contributed by atoms with Crippen molar-refractivity contribution in [1.82, 2.24) is 9.97 Å². The fraction of sp³-hybridized carbons (Fsp3) is 0.217. The van der Waals surface area contributed by atoms with Crippen LogP contribution in [0.2, 0.25) is 0 Å². The van der Waals surface area contributed by atoms with E-state index in [-0.39, 0.29) is 0 Å². The van der Waals surface area contributed by atoms with E-state index >= 15 is 0 Å². The van der Waals surface area contributed by atoms with E-state index in [9.17, 15) is 0 Å². The molecule has 5 aromatic rings. The molecular formula is C23H22N2O5. The monoisotopic (exact) mass is 406 g/mol.